The van der Waals surface area contributed by atoms with Crippen molar-refractivity contribution < 1.29 is 19.1 Å². The van der Waals surface area contributed by atoms with Crippen LogP contribution in [-0.4, -0.2) is 34.0 Å². The summed E-state index contributed by atoms with van der Waals surface area (Å²) in [6, 6.07) is 3.58. The molecular weight excluding hydrogens is 258 g/mol. The van der Waals surface area contributed by atoms with Gasteiger partial charge in [-0.25, -0.2) is 4.79 Å². The molecule has 0 bridgehead atoms. The summed E-state index contributed by atoms with van der Waals surface area (Å²) in [7, 11) is 0. The molecule has 0 aromatic carbocycles. The van der Waals surface area contributed by atoms with Crippen molar-refractivity contribution >= 4 is 18.0 Å². The maximum Gasteiger partial charge on any atom is 0.329 e. The van der Waals surface area contributed by atoms with Crippen molar-refractivity contribution in [1.29, 1.82) is 0 Å². The van der Waals surface area contributed by atoms with Crippen molar-refractivity contribution in [2.75, 3.05) is 6.54 Å². The lowest BCUT2D eigenvalue weighted by Gasteiger charge is -2.41. The first-order valence-corrected chi connectivity index (χ1v) is 6.73. The third-order valence-electron chi connectivity index (χ3n) is 3.77. The van der Waals surface area contributed by atoms with Crippen molar-refractivity contribution in [1.82, 2.24) is 4.90 Å². The second-order valence-corrected chi connectivity index (χ2v) is 5.31. The van der Waals surface area contributed by atoms with Gasteiger partial charge in [0.2, 0.25) is 5.91 Å². The number of furan rings is 1. The Morgan fingerprint density at radius 3 is 2.75 bits per heavy atom. The van der Waals surface area contributed by atoms with Crippen molar-refractivity contribution in [2.24, 2.45) is 0 Å². The molecule has 0 aliphatic carbocycles. The Balaban J connectivity index is 2.14. The molecular formula is C15H19NO4. The molecule has 2 rings (SSSR count). The number of nitrogens with zero attached hydrogens (tertiary/aromatic N) is 1. The van der Waals surface area contributed by atoms with E-state index in [1.165, 1.54) is 11.0 Å². The zero-order valence-corrected chi connectivity index (χ0v) is 11.8. The normalized spacial score (nSPS) is 23.2. The van der Waals surface area contributed by atoms with E-state index < -0.39 is 11.5 Å². The summed E-state index contributed by atoms with van der Waals surface area (Å²) in [4.78, 5) is 25.1. The summed E-state index contributed by atoms with van der Waals surface area (Å²) in [6.45, 7) is 3.91. The number of carboxylic acids is 1. The van der Waals surface area contributed by atoms with Crippen LogP contribution in [0.25, 0.3) is 6.08 Å². The average Bonchev–Trinajstić information content (AvgIpc) is 2.82. The number of piperidine rings is 1. The predicted molar refractivity (Wildman–Crippen MR) is 74.1 cm³/mol. The minimum Gasteiger partial charge on any atom is -0.480 e. The molecule has 1 amide bonds. The molecule has 5 heteroatoms. The molecule has 1 aromatic rings. The standard InChI is InChI=1S/C15H19NO4/c1-11-5-6-12(20-11)7-8-13(17)16-10-4-3-9-15(16,2)14(18)19/h5-8H,3-4,9-10H2,1-2H3,(H,18,19)/b8-7+. The summed E-state index contributed by atoms with van der Waals surface area (Å²) in [5, 5.41) is 9.37. The highest BCUT2D eigenvalue weighted by Gasteiger charge is 2.43. The highest BCUT2D eigenvalue weighted by molar-refractivity contribution is 5.95. The predicted octanol–water partition coefficient (Wildman–Crippen LogP) is 2.46. The molecule has 20 heavy (non-hydrogen) atoms. The van der Waals surface area contributed by atoms with E-state index in [1.807, 2.05) is 13.0 Å². The first-order chi connectivity index (χ1) is 9.43. The highest BCUT2D eigenvalue weighted by atomic mass is 16.4. The number of carboxylic acid groups (broad SMARTS) is 1. The van der Waals surface area contributed by atoms with E-state index in [0.29, 0.717) is 18.7 Å². The van der Waals surface area contributed by atoms with Crippen LogP contribution in [0.5, 0.6) is 0 Å². The summed E-state index contributed by atoms with van der Waals surface area (Å²) in [6.07, 6.45) is 5.11. The third-order valence-corrected chi connectivity index (χ3v) is 3.77. The van der Waals surface area contributed by atoms with Gasteiger partial charge < -0.3 is 14.4 Å². The van der Waals surface area contributed by atoms with Gasteiger partial charge in [-0.2, -0.15) is 0 Å². The van der Waals surface area contributed by atoms with Crippen molar-refractivity contribution in [3.8, 4) is 0 Å². The van der Waals surface area contributed by atoms with Gasteiger partial charge in [-0.1, -0.05) is 0 Å². The fourth-order valence-electron chi connectivity index (χ4n) is 2.48. The van der Waals surface area contributed by atoms with Crippen LogP contribution in [0.1, 0.15) is 37.7 Å². The summed E-state index contributed by atoms with van der Waals surface area (Å²) in [5.41, 5.74) is -1.11. The molecule has 1 unspecified atom stereocenters. The Morgan fingerprint density at radius 2 is 2.15 bits per heavy atom. The molecule has 0 spiro atoms. The van der Waals surface area contributed by atoms with Crippen LogP contribution in [-0.2, 0) is 9.59 Å². The minimum absolute atomic E-state index is 0.288. The van der Waals surface area contributed by atoms with E-state index in [0.717, 1.165) is 18.6 Å². The fourth-order valence-corrected chi connectivity index (χ4v) is 2.48. The van der Waals surface area contributed by atoms with E-state index in [9.17, 15) is 14.7 Å². The minimum atomic E-state index is -1.11. The number of aryl methyl sites for hydroxylation is 1. The maximum atomic E-state index is 12.2. The van der Waals surface area contributed by atoms with Crippen LogP contribution in [0.2, 0.25) is 0 Å². The van der Waals surface area contributed by atoms with Gasteiger partial charge in [-0.05, 0) is 51.3 Å². The van der Waals surface area contributed by atoms with Crippen LogP contribution >= 0.6 is 0 Å². The number of aliphatic carboxylic acids is 1. The van der Waals surface area contributed by atoms with Gasteiger partial charge in [0.15, 0.2) is 0 Å². The lowest BCUT2D eigenvalue weighted by molar-refractivity contribution is -0.158. The SMILES string of the molecule is Cc1ccc(/C=C/C(=O)N2CCCCC2(C)C(=O)O)o1. The molecule has 5 nitrogen and oxygen atoms in total. The molecule has 2 heterocycles. The number of hydrogen-bond donors (Lipinski definition) is 1. The number of carbonyl (C=O) groups is 2. The van der Waals surface area contributed by atoms with E-state index in [-0.39, 0.29) is 5.91 Å². The van der Waals surface area contributed by atoms with Crippen molar-refractivity contribution in [3.05, 3.63) is 29.7 Å². The Kier molecular flexibility index (Phi) is 3.97. The lowest BCUT2D eigenvalue weighted by Crippen LogP contribution is -2.57. The van der Waals surface area contributed by atoms with E-state index in [2.05, 4.69) is 0 Å². The monoisotopic (exact) mass is 277 g/mol. The Labute approximate surface area is 117 Å². The van der Waals surface area contributed by atoms with Gasteiger partial charge in [0.25, 0.3) is 0 Å². The van der Waals surface area contributed by atoms with Gasteiger partial charge in [0, 0.05) is 12.6 Å². The topological polar surface area (TPSA) is 70.8 Å². The van der Waals surface area contributed by atoms with Crippen LogP contribution < -0.4 is 0 Å². The molecule has 1 aromatic heterocycles. The van der Waals surface area contributed by atoms with Gasteiger partial charge >= 0.3 is 5.97 Å². The fraction of sp³-hybridized carbons (Fsp3) is 0.467. The highest BCUT2D eigenvalue weighted by Crippen LogP contribution is 2.28. The third kappa shape index (κ3) is 2.76. The van der Waals surface area contributed by atoms with E-state index >= 15 is 0 Å². The zero-order chi connectivity index (χ0) is 14.8. The smallest absolute Gasteiger partial charge is 0.329 e. The molecule has 108 valence electrons. The van der Waals surface area contributed by atoms with Crippen LogP contribution in [0.15, 0.2) is 22.6 Å². The van der Waals surface area contributed by atoms with E-state index in [4.69, 9.17) is 4.42 Å². The van der Waals surface area contributed by atoms with Crippen LogP contribution in [0.3, 0.4) is 0 Å². The zero-order valence-electron chi connectivity index (χ0n) is 11.8. The molecule has 1 fully saturated rings. The van der Waals surface area contributed by atoms with Crippen molar-refractivity contribution in [3.63, 3.8) is 0 Å². The Morgan fingerprint density at radius 1 is 1.40 bits per heavy atom. The first kappa shape index (κ1) is 14.4. The first-order valence-electron chi connectivity index (χ1n) is 6.73. The molecule has 1 saturated heterocycles. The molecule has 1 aliphatic rings. The molecule has 1 atom stereocenters. The van der Waals surface area contributed by atoms with Gasteiger partial charge in [-0.3, -0.25) is 4.79 Å². The van der Waals surface area contributed by atoms with Crippen molar-refractivity contribution in [2.45, 2.75) is 38.6 Å². The number of hydrogen-bond acceptors (Lipinski definition) is 3. The molecule has 1 N–H and O–H groups in total. The molecule has 0 radical (unpaired) electrons. The van der Waals surface area contributed by atoms with Crippen LogP contribution in [0, 0.1) is 6.92 Å². The van der Waals surface area contributed by atoms with E-state index in [1.54, 1.807) is 19.1 Å². The number of carbonyl (C=O) groups excluding carboxylic acids is 1. The Bertz CT molecular complexity index is 546. The number of rotatable bonds is 3. The largest absolute Gasteiger partial charge is 0.480 e. The summed E-state index contributed by atoms with van der Waals surface area (Å²) in [5.74, 6) is 0.117. The van der Waals surface area contributed by atoms with Gasteiger partial charge in [0.1, 0.15) is 17.1 Å². The molecule has 1 aliphatic heterocycles. The van der Waals surface area contributed by atoms with Crippen LogP contribution in [0.4, 0.5) is 0 Å². The second-order valence-electron chi connectivity index (χ2n) is 5.31. The van der Waals surface area contributed by atoms with Gasteiger partial charge in [0.05, 0.1) is 0 Å². The summed E-state index contributed by atoms with van der Waals surface area (Å²) >= 11 is 0. The lowest BCUT2D eigenvalue weighted by atomic mass is 9.88. The van der Waals surface area contributed by atoms with Gasteiger partial charge in [-0.15, -0.1) is 0 Å². The average molecular weight is 277 g/mol. The maximum absolute atomic E-state index is 12.2. The summed E-state index contributed by atoms with van der Waals surface area (Å²) < 4.78 is 5.35. The number of likely N-dealkylation sites (tertiary alicyclic amines) is 1. The second kappa shape index (κ2) is 5.53. The molecule has 0 saturated carbocycles. The Hall–Kier alpha value is -2.04. The quantitative estimate of drug-likeness (QED) is 0.861. The number of amides is 1.